The maximum atomic E-state index is 12.2. The van der Waals surface area contributed by atoms with Crippen LogP contribution >= 0.6 is 15.9 Å². The van der Waals surface area contributed by atoms with Gasteiger partial charge in [-0.1, -0.05) is 28.1 Å². The summed E-state index contributed by atoms with van der Waals surface area (Å²) in [6.07, 6.45) is 1.70. The van der Waals surface area contributed by atoms with Crippen molar-refractivity contribution in [2.75, 3.05) is 6.54 Å². The number of halogens is 1. The van der Waals surface area contributed by atoms with E-state index in [1.165, 1.54) is 0 Å². The molecule has 0 aromatic heterocycles. The van der Waals surface area contributed by atoms with E-state index in [1.54, 1.807) is 24.3 Å². The monoisotopic (exact) mass is 411 g/mol. The second kappa shape index (κ2) is 8.65. The van der Waals surface area contributed by atoms with Crippen molar-refractivity contribution in [3.63, 3.8) is 0 Å². The Morgan fingerprint density at radius 2 is 1.67 bits per heavy atom. The van der Waals surface area contributed by atoms with Gasteiger partial charge < -0.3 is 4.74 Å². The highest BCUT2D eigenvalue weighted by molar-refractivity contribution is 9.10. The minimum absolute atomic E-state index is 0.156. The largest absolute Gasteiger partial charge is 0.491 e. The standard InChI is InChI=1S/C18H22BrNO3S/c1-14(2)23-17-9-5-15(6-10-17)4-3-13-20-24(21,22)18-11-7-16(19)8-12-18/h5-12,14,20H,3-4,13H2,1-2H3. The second-order valence-electron chi connectivity index (χ2n) is 5.77. The van der Waals surface area contributed by atoms with Crippen LogP contribution in [0.25, 0.3) is 0 Å². The van der Waals surface area contributed by atoms with Crippen LogP contribution in [0, 0.1) is 0 Å². The molecule has 2 aromatic carbocycles. The first kappa shape index (κ1) is 19.0. The molecule has 0 unspecified atom stereocenters. The van der Waals surface area contributed by atoms with Gasteiger partial charge in [-0.25, -0.2) is 13.1 Å². The normalized spacial score (nSPS) is 11.7. The summed E-state index contributed by atoms with van der Waals surface area (Å²) >= 11 is 3.30. The van der Waals surface area contributed by atoms with E-state index in [0.29, 0.717) is 6.54 Å². The fraction of sp³-hybridized carbons (Fsp3) is 0.333. The Bertz CT molecular complexity index is 741. The van der Waals surface area contributed by atoms with Crippen LogP contribution in [0.3, 0.4) is 0 Å². The van der Waals surface area contributed by atoms with E-state index in [4.69, 9.17) is 4.74 Å². The highest BCUT2D eigenvalue weighted by Crippen LogP contribution is 2.16. The fourth-order valence-corrected chi connectivity index (χ4v) is 3.54. The van der Waals surface area contributed by atoms with Crippen LogP contribution in [0.1, 0.15) is 25.8 Å². The maximum absolute atomic E-state index is 12.2. The molecule has 6 heteroatoms. The van der Waals surface area contributed by atoms with Gasteiger partial charge in [0.25, 0.3) is 0 Å². The first-order valence-electron chi connectivity index (χ1n) is 7.87. The smallest absolute Gasteiger partial charge is 0.240 e. The van der Waals surface area contributed by atoms with E-state index in [0.717, 1.165) is 28.6 Å². The SMILES string of the molecule is CC(C)Oc1ccc(CCCNS(=O)(=O)c2ccc(Br)cc2)cc1. The lowest BCUT2D eigenvalue weighted by Gasteiger charge is -2.10. The van der Waals surface area contributed by atoms with Crippen LogP contribution in [-0.4, -0.2) is 21.1 Å². The lowest BCUT2D eigenvalue weighted by molar-refractivity contribution is 0.242. The van der Waals surface area contributed by atoms with Crippen molar-refractivity contribution in [1.82, 2.24) is 4.72 Å². The topological polar surface area (TPSA) is 55.4 Å². The Morgan fingerprint density at radius 1 is 1.04 bits per heavy atom. The Hall–Kier alpha value is -1.37. The van der Waals surface area contributed by atoms with Gasteiger partial charge in [0.2, 0.25) is 10.0 Å². The number of sulfonamides is 1. The number of hydrogen-bond donors (Lipinski definition) is 1. The van der Waals surface area contributed by atoms with Crippen molar-refractivity contribution >= 4 is 26.0 Å². The molecule has 0 aliphatic carbocycles. The highest BCUT2D eigenvalue weighted by Gasteiger charge is 2.12. The molecule has 0 atom stereocenters. The van der Waals surface area contributed by atoms with Gasteiger partial charge in [0.05, 0.1) is 11.0 Å². The van der Waals surface area contributed by atoms with Crippen LogP contribution < -0.4 is 9.46 Å². The maximum Gasteiger partial charge on any atom is 0.240 e. The molecule has 0 saturated heterocycles. The van der Waals surface area contributed by atoms with Gasteiger partial charge in [0.15, 0.2) is 0 Å². The predicted octanol–water partition coefficient (Wildman–Crippen LogP) is 4.15. The molecule has 0 heterocycles. The van der Waals surface area contributed by atoms with E-state index in [1.807, 2.05) is 38.1 Å². The number of nitrogens with one attached hydrogen (secondary N) is 1. The third-order valence-electron chi connectivity index (χ3n) is 3.35. The average molecular weight is 412 g/mol. The molecule has 0 radical (unpaired) electrons. The zero-order valence-corrected chi connectivity index (χ0v) is 16.2. The summed E-state index contributed by atoms with van der Waals surface area (Å²) < 4.78 is 33.4. The predicted molar refractivity (Wildman–Crippen MR) is 99.9 cm³/mol. The van der Waals surface area contributed by atoms with Crippen molar-refractivity contribution in [2.45, 2.75) is 37.7 Å². The molecule has 0 spiro atoms. The van der Waals surface area contributed by atoms with Crippen molar-refractivity contribution in [2.24, 2.45) is 0 Å². The van der Waals surface area contributed by atoms with Crippen molar-refractivity contribution in [1.29, 1.82) is 0 Å². The molecule has 24 heavy (non-hydrogen) atoms. The molecular weight excluding hydrogens is 390 g/mol. The molecule has 4 nitrogen and oxygen atoms in total. The van der Waals surface area contributed by atoms with Gasteiger partial charge in [-0.3, -0.25) is 0 Å². The summed E-state index contributed by atoms with van der Waals surface area (Å²) in [6.45, 7) is 4.39. The molecule has 0 saturated carbocycles. The minimum Gasteiger partial charge on any atom is -0.491 e. The van der Waals surface area contributed by atoms with Crippen LogP contribution in [0.2, 0.25) is 0 Å². The molecule has 2 aromatic rings. The van der Waals surface area contributed by atoms with Crippen LogP contribution in [0.15, 0.2) is 57.9 Å². The fourth-order valence-electron chi connectivity index (χ4n) is 2.20. The van der Waals surface area contributed by atoms with Gasteiger partial charge >= 0.3 is 0 Å². The quantitative estimate of drug-likeness (QED) is 0.663. The van der Waals surface area contributed by atoms with E-state index < -0.39 is 10.0 Å². The number of hydrogen-bond acceptors (Lipinski definition) is 3. The second-order valence-corrected chi connectivity index (χ2v) is 8.45. The van der Waals surface area contributed by atoms with Gasteiger partial charge in [0, 0.05) is 11.0 Å². The molecule has 0 aliphatic heterocycles. The number of rotatable bonds is 8. The average Bonchev–Trinajstić information content (AvgIpc) is 2.53. The zero-order chi connectivity index (χ0) is 17.6. The molecular formula is C18H22BrNO3S. The Kier molecular flexibility index (Phi) is 6.83. The summed E-state index contributed by atoms with van der Waals surface area (Å²) in [6, 6.07) is 14.5. The van der Waals surface area contributed by atoms with Crippen LogP contribution in [0.5, 0.6) is 5.75 Å². The zero-order valence-electron chi connectivity index (χ0n) is 13.8. The lowest BCUT2D eigenvalue weighted by Crippen LogP contribution is -2.25. The van der Waals surface area contributed by atoms with Crippen molar-refractivity contribution < 1.29 is 13.2 Å². The van der Waals surface area contributed by atoms with E-state index in [-0.39, 0.29) is 11.0 Å². The highest BCUT2D eigenvalue weighted by atomic mass is 79.9. The van der Waals surface area contributed by atoms with Crippen molar-refractivity contribution in [3.8, 4) is 5.75 Å². The van der Waals surface area contributed by atoms with Gasteiger partial charge in [-0.15, -0.1) is 0 Å². The molecule has 0 bridgehead atoms. The van der Waals surface area contributed by atoms with E-state index in [9.17, 15) is 8.42 Å². The van der Waals surface area contributed by atoms with Crippen LogP contribution in [0.4, 0.5) is 0 Å². The Labute approximate surface area is 152 Å². The molecule has 0 fully saturated rings. The number of aryl methyl sites for hydroxylation is 1. The first-order valence-corrected chi connectivity index (χ1v) is 10.2. The number of benzene rings is 2. The summed E-state index contributed by atoms with van der Waals surface area (Å²) in [5.74, 6) is 0.852. The third-order valence-corrected chi connectivity index (χ3v) is 5.36. The van der Waals surface area contributed by atoms with E-state index >= 15 is 0 Å². The molecule has 130 valence electrons. The third kappa shape index (κ3) is 5.92. The van der Waals surface area contributed by atoms with Gasteiger partial charge in [-0.2, -0.15) is 0 Å². The number of ether oxygens (including phenoxy) is 1. The summed E-state index contributed by atoms with van der Waals surface area (Å²) in [4.78, 5) is 0.279. The van der Waals surface area contributed by atoms with Gasteiger partial charge in [0.1, 0.15) is 5.75 Å². The Morgan fingerprint density at radius 3 is 2.25 bits per heavy atom. The van der Waals surface area contributed by atoms with Gasteiger partial charge in [-0.05, 0) is 68.7 Å². The van der Waals surface area contributed by atoms with Crippen molar-refractivity contribution in [3.05, 3.63) is 58.6 Å². The summed E-state index contributed by atoms with van der Waals surface area (Å²) in [5.41, 5.74) is 1.16. The molecule has 0 amide bonds. The molecule has 0 aliphatic rings. The van der Waals surface area contributed by atoms with E-state index in [2.05, 4.69) is 20.7 Å². The Balaban J connectivity index is 1.81. The minimum atomic E-state index is -3.44. The lowest BCUT2D eigenvalue weighted by atomic mass is 10.1. The molecule has 2 rings (SSSR count). The summed E-state index contributed by atoms with van der Waals surface area (Å²) in [5, 5.41) is 0. The summed E-state index contributed by atoms with van der Waals surface area (Å²) in [7, 11) is -3.44. The molecule has 1 N–H and O–H groups in total. The first-order chi connectivity index (χ1) is 11.4. The van der Waals surface area contributed by atoms with Crippen LogP contribution in [-0.2, 0) is 16.4 Å².